The smallest absolute Gasteiger partial charge is 0.303 e. The van der Waals surface area contributed by atoms with Crippen LogP contribution in [0.4, 0.5) is 0 Å². The quantitative estimate of drug-likeness (QED) is 0.513. The third-order valence-electron chi connectivity index (χ3n) is 2.94. The van der Waals surface area contributed by atoms with Crippen LogP contribution < -0.4 is 10.6 Å². The Labute approximate surface area is 101 Å². The lowest BCUT2D eigenvalue weighted by molar-refractivity contribution is -0.137. The highest BCUT2D eigenvalue weighted by Crippen LogP contribution is 2.07. The highest BCUT2D eigenvalue weighted by Gasteiger charge is 2.22. The molecule has 1 aliphatic rings. The van der Waals surface area contributed by atoms with Gasteiger partial charge in [-0.1, -0.05) is 0 Å². The number of carbonyl (C=O) groups excluding carboxylic acids is 1. The van der Waals surface area contributed by atoms with Crippen molar-refractivity contribution in [2.75, 3.05) is 33.2 Å². The van der Waals surface area contributed by atoms with Gasteiger partial charge in [0, 0.05) is 32.1 Å². The molecule has 17 heavy (non-hydrogen) atoms. The number of hydrogen-bond donors (Lipinski definition) is 3. The van der Waals surface area contributed by atoms with Gasteiger partial charge in [-0.2, -0.15) is 0 Å². The molecule has 1 heterocycles. The van der Waals surface area contributed by atoms with E-state index in [0.29, 0.717) is 25.6 Å². The van der Waals surface area contributed by atoms with Crippen LogP contribution in [0.3, 0.4) is 0 Å². The minimum Gasteiger partial charge on any atom is -0.481 e. The maximum absolute atomic E-state index is 11.5. The molecule has 3 N–H and O–H groups in total. The number of aliphatic carboxylic acids is 1. The van der Waals surface area contributed by atoms with E-state index >= 15 is 0 Å². The summed E-state index contributed by atoms with van der Waals surface area (Å²) >= 11 is 0. The summed E-state index contributed by atoms with van der Waals surface area (Å²) in [5, 5.41) is 14.4. The van der Waals surface area contributed by atoms with Gasteiger partial charge in [-0.3, -0.25) is 14.5 Å². The molecule has 0 aromatic heterocycles. The largest absolute Gasteiger partial charge is 0.481 e. The van der Waals surface area contributed by atoms with Gasteiger partial charge in [-0.15, -0.1) is 0 Å². The first kappa shape index (κ1) is 13.9. The topological polar surface area (TPSA) is 81.7 Å². The van der Waals surface area contributed by atoms with E-state index in [-0.39, 0.29) is 12.3 Å². The molecule has 1 aliphatic heterocycles. The summed E-state index contributed by atoms with van der Waals surface area (Å²) in [7, 11) is 1.93. The van der Waals surface area contributed by atoms with Crippen LogP contribution in [0.25, 0.3) is 0 Å². The maximum atomic E-state index is 11.5. The van der Waals surface area contributed by atoms with E-state index in [1.807, 2.05) is 7.05 Å². The molecule has 0 aromatic rings. The summed E-state index contributed by atoms with van der Waals surface area (Å²) in [6.07, 6.45) is 1.66. The molecular formula is C11H21N3O3. The molecule has 0 spiro atoms. The van der Waals surface area contributed by atoms with Gasteiger partial charge in [-0.25, -0.2) is 0 Å². The molecule has 1 fully saturated rings. The molecule has 0 saturated carbocycles. The van der Waals surface area contributed by atoms with Crippen molar-refractivity contribution in [3.63, 3.8) is 0 Å². The zero-order valence-corrected chi connectivity index (χ0v) is 10.2. The average molecular weight is 243 g/mol. The number of nitrogens with one attached hydrogen (secondary N) is 2. The molecule has 1 amide bonds. The molecule has 0 bridgehead atoms. The Morgan fingerprint density at radius 3 is 2.82 bits per heavy atom. The Kier molecular flexibility index (Phi) is 5.93. The van der Waals surface area contributed by atoms with Crippen molar-refractivity contribution in [3.8, 4) is 0 Å². The van der Waals surface area contributed by atoms with E-state index in [1.165, 1.54) is 0 Å². The van der Waals surface area contributed by atoms with Gasteiger partial charge in [0.15, 0.2) is 0 Å². The molecule has 1 saturated heterocycles. The predicted octanol–water partition coefficient (Wildman–Crippen LogP) is -0.739. The summed E-state index contributed by atoms with van der Waals surface area (Å²) in [4.78, 5) is 23.9. The van der Waals surface area contributed by atoms with Crippen molar-refractivity contribution >= 4 is 11.9 Å². The van der Waals surface area contributed by atoms with E-state index in [0.717, 1.165) is 19.5 Å². The van der Waals surface area contributed by atoms with E-state index in [2.05, 4.69) is 15.5 Å². The molecule has 0 radical (unpaired) electrons. The van der Waals surface area contributed by atoms with Gasteiger partial charge < -0.3 is 15.7 Å². The number of hydrogen-bond acceptors (Lipinski definition) is 4. The molecular weight excluding hydrogens is 222 g/mol. The first-order valence-electron chi connectivity index (χ1n) is 6.00. The van der Waals surface area contributed by atoms with Crippen LogP contribution in [-0.4, -0.2) is 61.2 Å². The Morgan fingerprint density at radius 1 is 1.47 bits per heavy atom. The second-order valence-electron chi connectivity index (χ2n) is 4.36. The highest BCUT2D eigenvalue weighted by molar-refractivity contribution is 5.78. The number of likely N-dealkylation sites (tertiary alicyclic amines) is 1. The number of nitrogens with zero attached hydrogens (tertiary/aromatic N) is 1. The normalized spacial score (nSPS) is 20.4. The lowest BCUT2D eigenvalue weighted by atomic mass is 10.3. The SMILES string of the molecule is CNC1CCN(CC(=O)NCCCC(=O)O)C1. The Bertz CT molecular complexity index is 271. The van der Waals surface area contributed by atoms with Crippen molar-refractivity contribution < 1.29 is 14.7 Å². The summed E-state index contributed by atoms with van der Waals surface area (Å²) in [5.74, 6) is -0.845. The molecule has 1 unspecified atom stereocenters. The number of carboxylic acid groups (broad SMARTS) is 1. The van der Waals surface area contributed by atoms with E-state index in [4.69, 9.17) is 5.11 Å². The third-order valence-corrected chi connectivity index (χ3v) is 2.94. The number of carboxylic acids is 1. The Hall–Kier alpha value is -1.14. The summed E-state index contributed by atoms with van der Waals surface area (Å²) < 4.78 is 0. The molecule has 0 aliphatic carbocycles. The van der Waals surface area contributed by atoms with Crippen molar-refractivity contribution in [3.05, 3.63) is 0 Å². The Balaban J connectivity index is 2.07. The first-order valence-corrected chi connectivity index (χ1v) is 6.00. The number of amides is 1. The van der Waals surface area contributed by atoms with Gasteiger partial charge in [0.2, 0.25) is 5.91 Å². The van der Waals surface area contributed by atoms with Crippen LogP contribution in [0.5, 0.6) is 0 Å². The van der Waals surface area contributed by atoms with E-state index in [1.54, 1.807) is 0 Å². The molecule has 98 valence electrons. The molecule has 1 atom stereocenters. The van der Waals surface area contributed by atoms with E-state index < -0.39 is 5.97 Å². The van der Waals surface area contributed by atoms with Crippen molar-refractivity contribution in [1.29, 1.82) is 0 Å². The highest BCUT2D eigenvalue weighted by atomic mass is 16.4. The fraction of sp³-hybridized carbons (Fsp3) is 0.818. The van der Waals surface area contributed by atoms with E-state index in [9.17, 15) is 9.59 Å². The monoisotopic (exact) mass is 243 g/mol. The van der Waals surface area contributed by atoms with Crippen LogP contribution in [0.2, 0.25) is 0 Å². The van der Waals surface area contributed by atoms with Crippen LogP contribution in [-0.2, 0) is 9.59 Å². The summed E-state index contributed by atoms with van der Waals surface area (Å²) in [6, 6.07) is 0.481. The summed E-state index contributed by atoms with van der Waals surface area (Å²) in [6.45, 7) is 2.69. The third kappa shape index (κ3) is 5.65. The van der Waals surface area contributed by atoms with Crippen LogP contribution in [0.15, 0.2) is 0 Å². The molecule has 6 heteroatoms. The fourth-order valence-corrected chi connectivity index (χ4v) is 1.94. The maximum Gasteiger partial charge on any atom is 0.303 e. The average Bonchev–Trinajstić information content (AvgIpc) is 2.72. The Morgan fingerprint density at radius 2 is 2.24 bits per heavy atom. The number of likely N-dealkylation sites (N-methyl/N-ethyl adjacent to an activating group) is 1. The molecule has 6 nitrogen and oxygen atoms in total. The molecule has 1 rings (SSSR count). The second-order valence-corrected chi connectivity index (χ2v) is 4.36. The van der Waals surface area contributed by atoms with Gasteiger partial charge in [-0.05, 0) is 19.9 Å². The second kappa shape index (κ2) is 7.24. The van der Waals surface area contributed by atoms with Gasteiger partial charge in [0.05, 0.1) is 6.54 Å². The van der Waals surface area contributed by atoms with Gasteiger partial charge in [0.1, 0.15) is 0 Å². The minimum atomic E-state index is -0.823. The van der Waals surface area contributed by atoms with Crippen LogP contribution >= 0.6 is 0 Å². The zero-order chi connectivity index (χ0) is 12.7. The van der Waals surface area contributed by atoms with Crippen molar-refractivity contribution in [2.24, 2.45) is 0 Å². The van der Waals surface area contributed by atoms with Gasteiger partial charge in [0.25, 0.3) is 0 Å². The minimum absolute atomic E-state index is 0.0212. The number of carbonyl (C=O) groups is 2. The predicted molar refractivity (Wildman–Crippen MR) is 63.8 cm³/mol. The zero-order valence-electron chi connectivity index (χ0n) is 10.2. The van der Waals surface area contributed by atoms with Crippen LogP contribution in [0, 0.1) is 0 Å². The lowest BCUT2D eigenvalue weighted by Gasteiger charge is -2.15. The van der Waals surface area contributed by atoms with Crippen molar-refractivity contribution in [2.45, 2.75) is 25.3 Å². The van der Waals surface area contributed by atoms with Crippen molar-refractivity contribution in [1.82, 2.24) is 15.5 Å². The standard InChI is InChI=1S/C11H21N3O3/c1-12-9-4-6-14(7-9)8-10(15)13-5-2-3-11(16)17/h9,12H,2-8H2,1H3,(H,13,15)(H,16,17). The van der Waals surface area contributed by atoms with Gasteiger partial charge >= 0.3 is 5.97 Å². The lowest BCUT2D eigenvalue weighted by Crippen LogP contribution is -2.38. The first-order chi connectivity index (χ1) is 8.11. The summed E-state index contributed by atoms with van der Waals surface area (Å²) in [5.41, 5.74) is 0. The fourth-order valence-electron chi connectivity index (χ4n) is 1.94. The molecule has 0 aromatic carbocycles. The number of rotatable bonds is 7. The van der Waals surface area contributed by atoms with Crippen LogP contribution in [0.1, 0.15) is 19.3 Å².